The number of nitrogens with two attached hydrogens (primary N) is 1. The monoisotopic (exact) mass is 317 g/mol. The standard InChI is InChI=1S/C12H13F6NO2/c1-6(2)9(19)7-4-3-5-8(20-11(13,14)15)10(7)21-12(16,17)18/h3-6,9H,19H2,1-2H3. The largest absolute Gasteiger partial charge is 0.573 e. The summed E-state index contributed by atoms with van der Waals surface area (Å²) >= 11 is 0. The van der Waals surface area contributed by atoms with E-state index in [0.29, 0.717) is 0 Å². The maximum absolute atomic E-state index is 12.4. The fourth-order valence-corrected chi connectivity index (χ4v) is 1.58. The summed E-state index contributed by atoms with van der Waals surface area (Å²) in [6, 6.07) is 2.06. The number of halogens is 6. The van der Waals surface area contributed by atoms with E-state index in [4.69, 9.17) is 5.73 Å². The average molecular weight is 317 g/mol. The first-order valence-corrected chi connectivity index (χ1v) is 5.80. The van der Waals surface area contributed by atoms with Crippen LogP contribution in [0, 0.1) is 5.92 Å². The van der Waals surface area contributed by atoms with Crippen LogP contribution in [0.1, 0.15) is 25.5 Å². The fraction of sp³-hybridized carbons (Fsp3) is 0.500. The van der Waals surface area contributed by atoms with E-state index in [1.165, 1.54) is 0 Å². The molecule has 0 spiro atoms. The van der Waals surface area contributed by atoms with Crippen LogP contribution in [-0.2, 0) is 0 Å². The number of alkyl halides is 6. The molecule has 0 radical (unpaired) electrons. The quantitative estimate of drug-likeness (QED) is 0.849. The zero-order valence-corrected chi connectivity index (χ0v) is 11.0. The van der Waals surface area contributed by atoms with Crippen molar-refractivity contribution < 1.29 is 35.8 Å². The molecule has 0 saturated heterocycles. The lowest BCUT2D eigenvalue weighted by atomic mass is 9.96. The molecule has 0 saturated carbocycles. The zero-order valence-electron chi connectivity index (χ0n) is 11.0. The van der Waals surface area contributed by atoms with Gasteiger partial charge in [0, 0.05) is 11.6 Å². The first kappa shape index (κ1) is 17.4. The van der Waals surface area contributed by atoms with Crippen LogP contribution in [0.15, 0.2) is 18.2 Å². The second-order valence-electron chi connectivity index (χ2n) is 4.54. The van der Waals surface area contributed by atoms with Crippen molar-refractivity contribution >= 4 is 0 Å². The van der Waals surface area contributed by atoms with Gasteiger partial charge in [-0.05, 0) is 12.0 Å². The van der Waals surface area contributed by atoms with Crippen molar-refractivity contribution in [3.8, 4) is 11.5 Å². The van der Waals surface area contributed by atoms with Crippen LogP contribution in [0.2, 0.25) is 0 Å². The van der Waals surface area contributed by atoms with E-state index in [2.05, 4.69) is 9.47 Å². The van der Waals surface area contributed by atoms with E-state index < -0.39 is 30.3 Å². The second kappa shape index (κ2) is 6.00. The highest BCUT2D eigenvalue weighted by Crippen LogP contribution is 2.41. The summed E-state index contributed by atoms with van der Waals surface area (Å²) in [5, 5.41) is 0. The molecule has 0 heterocycles. The van der Waals surface area contributed by atoms with E-state index in [9.17, 15) is 26.3 Å². The second-order valence-corrected chi connectivity index (χ2v) is 4.54. The molecule has 9 heteroatoms. The Kier molecular flexibility index (Phi) is 4.98. The normalized spacial score (nSPS) is 14.2. The Morgan fingerprint density at radius 1 is 0.952 bits per heavy atom. The van der Waals surface area contributed by atoms with Crippen molar-refractivity contribution in [2.24, 2.45) is 11.7 Å². The van der Waals surface area contributed by atoms with E-state index >= 15 is 0 Å². The van der Waals surface area contributed by atoms with Gasteiger partial charge in [-0.3, -0.25) is 0 Å². The summed E-state index contributed by atoms with van der Waals surface area (Å²) in [5.74, 6) is -2.49. The van der Waals surface area contributed by atoms with Crippen LogP contribution in [-0.4, -0.2) is 12.7 Å². The van der Waals surface area contributed by atoms with Crippen LogP contribution in [0.4, 0.5) is 26.3 Å². The molecule has 1 rings (SSSR count). The van der Waals surface area contributed by atoms with Gasteiger partial charge in [0.2, 0.25) is 0 Å². The Morgan fingerprint density at radius 2 is 1.48 bits per heavy atom. The lowest BCUT2D eigenvalue weighted by Crippen LogP contribution is -2.24. The van der Waals surface area contributed by atoms with Crippen molar-refractivity contribution in [2.45, 2.75) is 32.6 Å². The number of benzene rings is 1. The summed E-state index contributed by atoms with van der Waals surface area (Å²) in [7, 11) is 0. The van der Waals surface area contributed by atoms with Gasteiger partial charge in [-0.25, -0.2) is 0 Å². The van der Waals surface area contributed by atoms with Gasteiger partial charge < -0.3 is 15.2 Å². The molecule has 0 bridgehead atoms. The third-order valence-electron chi connectivity index (χ3n) is 2.53. The third-order valence-corrected chi connectivity index (χ3v) is 2.53. The van der Waals surface area contributed by atoms with Crippen LogP contribution in [0.5, 0.6) is 11.5 Å². The van der Waals surface area contributed by atoms with E-state index in [-0.39, 0.29) is 11.5 Å². The number of rotatable bonds is 4. The van der Waals surface area contributed by atoms with Gasteiger partial charge in [0.1, 0.15) is 0 Å². The van der Waals surface area contributed by atoms with Crippen LogP contribution in [0.25, 0.3) is 0 Å². The number of hydrogen-bond acceptors (Lipinski definition) is 3. The van der Waals surface area contributed by atoms with Crippen molar-refractivity contribution in [1.82, 2.24) is 0 Å². The summed E-state index contributed by atoms with van der Waals surface area (Å²) in [4.78, 5) is 0. The summed E-state index contributed by atoms with van der Waals surface area (Å²) in [6.45, 7) is 3.22. The van der Waals surface area contributed by atoms with E-state index in [1.54, 1.807) is 13.8 Å². The SMILES string of the molecule is CC(C)C(N)c1cccc(OC(F)(F)F)c1OC(F)(F)F. The van der Waals surface area contributed by atoms with Crippen molar-refractivity contribution in [1.29, 1.82) is 0 Å². The molecule has 1 aromatic rings. The molecule has 0 aliphatic carbocycles. The number of ether oxygens (including phenoxy) is 2. The molecule has 120 valence electrons. The summed E-state index contributed by atoms with van der Waals surface area (Å²) in [5.41, 5.74) is 5.49. The fourth-order valence-electron chi connectivity index (χ4n) is 1.58. The Morgan fingerprint density at radius 3 is 1.90 bits per heavy atom. The topological polar surface area (TPSA) is 44.5 Å². The highest BCUT2D eigenvalue weighted by Gasteiger charge is 2.38. The third kappa shape index (κ3) is 5.33. The first-order valence-electron chi connectivity index (χ1n) is 5.80. The van der Waals surface area contributed by atoms with Crippen LogP contribution >= 0.6 is 0 Å². The minimum Gasteiger partial charge on any atom is -0.402 e. The molecular weight excluding hydrogens is 304 g/mol. The van der Waals surface area contributed by atoms with Crippen molar-refractivity contribution in [3.63, 3.8) is 0 Å². The predicted molar refractivity (Wildman–Crippen MR) is 61.6 cm³/mol. The van der Waals surface area contributed by atoms with Gasteiger partial charge in [0.25, 0.3) is 0 Å². The lowest BCUT2D eigenvalue weighted by Gasteiger charge is -2.23. The van der Waals surface area contributed by atoms with Crippen LogP contribution < -0.4 is 15.2 Å². The summed E-state index contributed by atoms with van der Waals surface area (Å²) in [6.07, 6.45) is -10.3. The first-order chi connectivity index (χ1) is 9.41. The molecule has 1 unspecified atom stereocenters. The molecule has 0 aromatic heterocycles. The van der Waals surface area contributed by atoms with Gasteiger partial charge in [0.05, 0.1) is 0 Å². The molecule has 0 amide bonds. The van der Waals surface area contributed by atoms with Crippen molar-refractivity contribution in [2.75, 3.05) is 0 Å². The van der Waals surface area contributed by atoms with Gasteiger partial charge in [0.15, 0.2) is 11.5 Å². The summed E-state index contributed by atoms with van der Waals surface area (Å²) < 4.78 is 81.2. The van der Waals surface area contributed by atoms with Gasteiger partial charge >= 0.3 is 12.7 Å². The molecular formula is C12H13F6NO2. The van der Waals surface area contributed by atoms with E-state index in [1.807, 2.05) is 0 Å². The van der Waals surface area contributed by atoms with Gasteiger partial charge in [-0.2, -0.15) is 0 Å². The molecule has 1 atom stereocenters. The minimum absolute atomic E-state index is 0.218. The molecule has 3 nitrogen and oxygen atoms in total. The molecule has 2 N–H and O–H groups in total. The minimum atomic E-state index is -5.17. The Hall–Kier alpha value is -1.64. The highest BCUT2D eigenvalue weighted by atomic mass is 19.4. The maximum Gasteiger partial charge on any atom is 0.573 e. The molecule has 0 aliphatic heterocycles. The van der Waals surface area contributed by atoms with E-state index in [0.717, 1.165) is 18.2 Å². The molecule has 0 fully saturated rings. The number of para-hydroxylation sites is 1. The highest BCUT2D eigenvalue weighted by molar-refractivity contribution is 5.48. The van der Waals surface area contributed by atoms with Gasteiger partial charge in [-0.15, -0.1) is 26.3 Å². The van der Waals surface area contributed by atoms with Crippen molar-refractivity contribution in [3.05, 3.63) is 23.8 Å². The Bertz CT molecular complexity index is 484. The maximum atomic E-state index is 12.4. The smallest absolute Gasteiger partial charge is 0.402 e. The molecule has 1 aromatic carbocycles. The molecule has 21 heavy (non-hydrogen) atoms. The zero-order chi connectivity index (χ0) is 16.4. The van der Waals surface area contributed by atoms with Gasteiger partial charge in [-0.1, -0.05) is 26.0 Å². The molecule has 0 aliphatic rings. The number of hydrogen-bond donors (Lipinski definition) is 1. The average Bonchev–Trinajstić information content (AvgIpc) is 2.26. The lowest BCUT2D eigenvalue weighted by molar-refractivity contribution is -0.287. The predicted octanol–water partition coefficient (Wildman–Crippen LogP) is 4.14. The Balaban J connectivity index is 3.34. The van der Waals surface area contributed by atoms with Crippen LogP contribution in [0.3, 0.4) is 0 Å². The Labute approximate surface area is 116 Å².